The van der Waals surface area contributed by atoms with Crippen molar-refractivity contribution in [1.29, 1.82) is 0 Å². The minimum absolute atomic E-state index is 0.219. The maximum atomic E-state index is 8.24. The van der Waals surface area contributed by atoms with Crippen LogP contribution in [-0.2, 0) is 0 Å². The lowest BCUT2D eigenvalue weighted by molar-refractivity contribution is 0.268. The van der Waals surface area contributed by atoms with E-state index in [9.17, 15) is 0 Å². The van der Waals surface area contributed by atoms with E-state index in [0.717, 1.165) is 12.8 Å². The molecule has 0 aliphatic rings. The predicted octanol–water partition coefficient (Wildman–Crippen LogP) is 0.352. The van der Waals surface area contributed by atoms with E-state index in [1.165, 1.54) is 0 Å². The molecule has 0 unspecified atom stereocenters. The van der Waals surface area contributed by atoms with E-state index in [4.69, 9.17) is 15.9 Å². The number of nitrogens with two attached hydrogens (primary N) is 1. The van der Waals surface area contributed by atoms with E-state index in [-0.39, 0.29) is 6.61 Å². The van der Waals surface area contributed by atoms with Crippen molar-refractivity contribution in [3.05, 3.63) is 0 Å². The second-order valence-electron chi connectivity index (χ2n) is 2.77. The Hall–Kier alpha value is -0.120. The van der Waals surface area contributed by atoms with E-state index >= 15 is 0 Å². The highest BCUT2D eigenvalue weighted by molar-refractivity contribution is 4.38. The molecule has 0 amide bonds. The molecular weight excluding hydrogens is 142 g/mol. The van der Waals surface area contributed by atoms with Crippen LogP contribution < -0.4 is 5.73 Å². The van der Waals surface area contributed by atoms with E-state index < -0.39 is 0 Å². The fourth-order valence-corrected chi connectivity index (χ4v) is 0.349. The maximum Gasteiger partial charge on any atom is 0.0443 e. The highest BCUT2D eigenvalue weighted by atomic mass is 16.3. The zero-order chi connectivity index (χ0) is 9.11. The Morgan fingerprint density at radius 3 is 1.73 bits per heavy atom. The summed E-state index contributed by atoms with van der Waals surface area (Å²) in [4.78, 5) is 0. The molecule has 0 aromatic rings. The van der Waals surface area contributed by atoms with Crippen molar-refractivity contribution in [3.63, 3.8) is 0 Å². The van der Waals surface area contributed by atoms with Gasteiger partial charge >= 0.3 is 0 Å². The lowest BCUT2D eigenvalue weighted by Gasteiger charge is -1.95. The number of hydrogen-bond acceptors (Lipinski definition) is 3. The molecule has 0 aliphatic heterocycles. The fourth-order valence-electron chi connectivity index (χ4n) is 0.349. The first kappa shape index (κ1) is 13.5. The quantitative estimate of drug-likeness (QED) is 0.560. The summed E-state index contributed by atoms with van der Waals surface area (Å²) >= 11 is 0. The van der Waals surface area contributed by atoms with Crippen LogP contribution in [-0.4, -0.2) is 30.0 Å². The first-order chi connectivity index (χ1) is 5.18. The van der Waals surface area contributed by atoms with Crippen LogP contribution in [0.1, 0.15) is 26.7 Å². The van der Waals surface area contributed by atoms with Gasteiger partial charge in [-0.25, -0.2) is 0 Å². The highest BCUT2D eigenvalue weighted by Crippen LogP contribution is 1.94. The Bertz CT molecular complexity index is 56.1. The van der Waals surface area contributed by atoms with Crippen molar-refractivity contribution >= 4 is 0 Å². The second kappa shape index (κ2) is 12.5. The molecule has 0 atom stereocenters. The molecule has 3 heteroatoms. The van der Waals surface area contributed by atoms with Crippen molar-refractivity contribution in [3.8, 4) is 0 Å². The van der Waals surface area contributed by atoms with Crippen LogP contribution in [0, 0.1) is 5.92 Å². The summed E-state index contributed by atoms with van der Waals surface area (Å²) in [6.07, 6.45) is 1.65. The maximum absolute atomic E-state index is 8.24. The third-order valence-corrected chi connectivity index (χ3v) is 1.07. The lowest BCUT2D eigenvalue weighted by Crippen LogP contribution is -1.99. The van der Waals surface area contributed by atoms with Crippen molar-refractivity contribution < 1.29 is 10.2 Å². The first-order valence-electron chi connectivity index (χ1n) is 4.10. The predicted molar refractivity (Wildman–Crippen MR) is 47.3 cm³/mol. The number of aliphatic hydroxyl groups excluding tert-OH is 2. The van der Waals surface area contributed by atoms with Crippen LogP contribution in [0.3, 0.4) is 0 Å². The summed E-state index contributed by atoms with van der Waals surface area (Å²) in [5, 5.41) is 16.2. The second-order valence-corrected chi connectivity index (χ2v) is 2.77. The Morgan fingerprint density at radius 2 is 1.73 bits per heavy atom. The van der Waals surface area contributed by atoms with Crippen LogP contribution >= 0.6 is 0 Å². The third-order valence-electron chi connectivity index (χ3n) is 1.07. The van der Waals surface area contributed by atoms with Crippen LogP contribution in [0.15, 0.2) is 0 Å². The van der Waals surface area contributed by atoms with Crippen molar-refractivity contribution in [2.45, 2.75) is 26.7 Å². The summed E-state index contributed by atoms with van der Waals surface area (Å²) in [6, 6.07) is 0. The Labute approximate surface area is 69.2 Å². The SMILES string of the molecule is CC(C)CCO.NCCCO. The monoisotopic (exact) mass is 163 g/mol. The van der Waals surface area contributed by atoms with Gasteiger partial charge in [-0.1, -0.05) is 13.8 Å². The van der Waals surface area contributed by atoms with Gasteiger partial charge in [-0.05, 0) is 25.3 Å². The average Bonchev–Trinajstić information content (AvgIpc) is 1.90. The molecule has 0 aromatic heterocycles. The standard InChI is InChI=1S/C5H12O.C3H9NO/c1-5(2)3-4-6;4-2-1-3-5/h5-6H,3-4H2,1-2H3;5H,1-4H2. The summed E-state index contributed by atoms with van der Waals surface area (Å²) in [5.41, 5.74) is 4.98. The average molecular weight is 163 g/mol. The Balaban J connectivity index is 0. The summed E-state index contributed by atoms with van der Waals surface area (Å²) in [6.45, 7) is 5.33. The molecule has 0 aromatic carbocycles. The summed E-state index contributed by atoms with van der Waals surface area (Å²) < 4.78 is 0. The normalized spacial score (nSPS) is 9.27. The van der Waals surface area contributed by atoms with Crippen molar-refractivity contribution in [1.82, 2.24) is 0 Å². The summed E-state index contributed by atoms with van der Waals surface area (Å²) in [5.74, 6) is 0.648. The molecule has 3 nitrogen and oxygen atoms in total. The third kappa shape index (κ3) is 25.8. The van der Waals surface area contributed by atoms with Gasteiger partial charge in [0.1, 0.15) is 0 Å². The smallest absolute Gasteiger partial charge is 0.0443 e. The van der Waals surface area contributed by atoms with Gasteiger partial charge in [-0.2, -0.15) is 0 Å². The zero-order valence-corrected chi connectivity index (χ0v) is 7.58. The van der Waals surface area contributed by atoms with Crippen LogP contribution in [0.25, 0.3) is 0 Å². The van der Waals surface area contributed by atoms with E-state index in [0.29, 0.717) is 19.1 Å². The molecule has 0 aliphatic carbocycles. The minimum atomic E-state index is 0.219. The van der Waals surface area contributed by atoms with Gasteiger partial charge in [0.2, 0.25) is 0 Å². The number of rotatable bonds is 4. The fraction of sp³-hybridized carbons (Fsp3) is 1.00. The van der Waals surface area contributed by atoms with Gasteiger partial charge in [0.05, 0.1) is 0 Å². The van der Waals surface area contributed by atoms with Crippen LogP contribution in [0.2, 0.25) is 0 Å². The molecule has 0 fully saturated rings. The lowest BCUT2D eigenvalue weighted by atomic mass is 10.2. The molecule has 0 heterocycles. The van der Waals surface area contributed by atoms with Gasteiger partial charge < -0.3 is 15.9 Å². The van der Waals surface area contributed by atoms with Gasteiger partial charge in [0, 0.05) is 13.2 Å². The molecule has 0 rings (SSSR count). The molecule has 0 bridgehead atoms. The first-order valence-corrected chi connectivity index (χ1v) is 4.10. The van der Waals surface area contributed by atoms with E-state index in [1.54, 1.807) is 0 Å². The van der Waals surface area contributed by atoms with Gasteiger partial charge in [-0.3, -0.25) is 0 Å². The number of aliphatic hydroxyl groups is 2. The summed E-state index contributed by atoms with van der Waals surface area (Å²) in [7, 11) is 0. The molecule has 0 saturated carbocycles. The van der Waals surface area contributed by atoms with Gasteiger partial charge in [0.25, 0.3) is 0 Å². The molecule has 0 saturated heterocycles. The molecule has 70 valence electrons. The van der Waals surface area contributed by atoms with Gasteiger partial charge in [-0.15, -0.1) is 0 Å². The molecular formula is C8H21NO2. The van der Waals surface area contributed by atoms with Crippen molar-refractivity contribution in [2.24, 2.45) is 11.7 Å². The largest absolute Gasteiger partial charge is 0.396 e. The highest BCUT2D eigenvalue weighted by Gasteiger charge is 1.86. The molecule has 4 N–H and O–H groups in total. The van der Waals surface area contributed by atoms with Crippen LogP contribution in [0.4, 0.5) is 0 Å². The molecule has 0 spiro atoms. The van der Waals surface area contributed by atoms with E-state index in [2.05, 4.69) is 13.8 Å². The minimum Gasteiger partial charge on any atom is -0.396 e. The van der Waals surface area contributed by atoms with Gasteiger partial charge in [0.15, 0.2) is 0 Å². The topological polar surface area (TPSA) is 66.5 Å². The van der Waals surface area contributed by atoms with E-state index in [1.807, 2.05) is 0 Å². The Morgan fingerprint density at radius 1 is 1.18 bits per heavy atom. The number of hydrogen-bond donors (Lipinski definition) is 3. The zero-order valence-electron chi connectivity index (χ0n) is 7.58. The molecule has 0 radical (unpaired) electrons. The van der Waals surface area contributed by atoms with Crippen LogP contribution in [0.5, 0.6) is 0 Å². The Kier molecular flexibility index (Phi) is 15.4. The van der Waals surface area contributed by atoms with Crippen molar-refractivity contribution in [2.75, 3.05) is 19.8 Å². The molecule has 11 heavy (non-hydrogen) atoms.